The van der Waals surface area contributed by atoms with Gasteiger partial charge in [-0.05, 0) is 36.2 Å². The number of para-hydroxylation sites is 1. The summed E-state index contributed by atoms with van der Waals surface area (Å²) in [6.07, 6.45) is 0.225. The van der Waals surface area contributed by atoms with Crippen molar-refractivity contribution in [3.63, 3.8) is 0 Å². The standard InChI is InChI=1S/C19H21NO3/c1-3-22-16-10-8-14(9-11-16)13-20(2)19(21)18-12-15-6-4-5-7-17(15)23-18/h4-11,18H,3,12-13H2,1-2H3. The molecule has 1 amide bonds. The quantitative estimate of drug-likeness (QED) is 0.852. The molecule has 1 unspecified atom stereocenters. The van der Waals surface area contributed by atoms with Crippen molar-refractivity contribution in [3.8, 4) is 11.5 Å². The summed E-state index contributed by atoms with van der Waals surface area (Å²) in [6, 6.07) is 15.6. The summed E-state index contributed by atoms with van der Waals surface area (Å²) in [5.74, 6) is 1.68. The van der Waals surface area contributed by atoms with E-state index in [1.807, 2.05) is 62.5 Å². The molecule has 0 bridgehead atoms. The molecule has 2 aromatic carbocycles. The molecule has 1 atom stereocenters. The highest BCUT2D eigenvalue weighted by molar-refractivity contribution is 5.82. The van der Waals surface area contributed by atoms with Gasteiger partial charge in [0.1, 0.15) is 11.5 Å². The van der Waals surface area contributed by atoms with Crippen LogP contribution in [-0.2, 0) is 17.8 Å². The van der Waals surface area contributed by atoms with E-state index in [-0.39, 0.29) is 5.91 Å². The highest BCUT2D eigenvalue weighted by Gasteiger charge is 2.30. The second-order valence-electron chi connectivity index (χ2n) is 5.69. The Labute approximate surface area is 136 Å². The third-order valence-electron chi connectivity index (χ3n) is 3.95. The lowest BCUT2D eigenvalue weighted by atomic mass is 10.1. The number of ether oxygens (including phenoxy) is 2. The second-order valence-corrected chi connectivity index (χ2v) is 5.69. The van der Waals surface area contributed by atoms with E-state index < -0.39 is 6.10 Å². The van der Waals surface area contributed by atoms with Crippen molar-refractivity contribution in [2.24, 2.45) is 0 Å². The predicted molar refractivity (Wildman–Crippen MR) is 88.6 cm³/mol. The van der Waals surface area contributed by atoms with Crippen molar-refractivity contribution >= 4 is 5.91 Å². The lowest BCUT2D eigenvalue weighted by Crippen LogP contribution is -2.38. The number of carbonyl (C=O) groups is 1. The number of hydrogen-bond acceptors (Lipinski definition) is 3. The molecule has 0 saturated heterocycles. The van der Waals surface area contributed by atoms with Crippen molar-refractivity contribution in [2.45, 2.75) is 26.0 Å². The van der Waals surface area contributed by atoms with Crippen molar-refractivity contribution in [1.82, 2.24) is 4.90 Å². The summed E-state index contributed by atoms with van der Waals surface area (Å²) in [7, 11) is 1.81. The van der Waals surface area contributed by atoms with E-state index in [4.69, 9.17) is 9.47 Å². The molecule has 4 heteroatoms. The van der Waals surface area contributed by atoms with Crippen LogP contribution in [0, 0.1) is 0 Å². The molecule has 1 heterocycles. The first kappa shape index (κ1) is 15.4. The van der Waals surface area contributed by atoms with Crippen molar-refractivity contribution in [3.05, 3.63) is 59.7 Å². The van der Waals surface area contributed by atoms with E-state index in [0.29, 0.717) is 19.6 Å². The Balaban J connectivity index is 1.60. The molecule has 0 aromatic heterocycles. The maximum Gasteiger partial charge on any atom is 0.264 e. The monoisotopic (exact) mass is 311 g/mol. The number of benzene rings is 2. The Morgan fingerprint density at radius 3 is 2.65 bits per heavy atom. The van der Waals surface area contributed by atoms with Gasteiger partial charge in [0.25, 0.3) is 5.91 Å². The first-order chi connectivity index (χ1) is 11.2. The molecule has 0 radical (unpaired) electrons. The largest absolute Gasteiger partial charge is 0.494 e. The molecule has 1 aliphatic heterocycles. The Morgan fingerprint density at radius 2 is 1.96 bits per heavy atom. The molecule has 3 rings (SSSR count). The highest BCUT2D eigenvalue weighted by Crippen LogP contribution is 2.29. The van der Waals surface area contributed by atoms with E-state index in [9.17, 15) is 4.79 Å². The van der Waals surface area contributed by atoms with Crippen LogP contribution in [-0.4, -0.2) is 30.6 Å². The van der Waals surface area contributed by atoms with Gasteiger partial charge in [-0.1, -0.05) is 30.3 Å². The molecule has 2 aromatic rings. The van der Waals surface area contributed by atoms with Gasteiger partial charge in [0.05, 0.1) is 6.61 Å². The van der Waals surface area contributed by atoms with Crippen molar-refractivity contribution < 1.29 is 14.3 Å². The Hall–Kier alpha value is -2.49. The smallest absolute Gasteiger partial charge is 0.264 e. The number of fused-ring (bicyclic) bond motifs is 1. The summed E-state index contributed by atoms with van der Waals surface area (Å²) in [4.78, 5) is 14.3. The maximum atomic E-state index is 12.6. The molecule has 120 valence electrons. The highest BCUT2D eigenvalue weighted by atomic mass is 16.5. The van der Waals surface area contributed by atoms with Crippen LogP contribution in [0.1, 0.15) is 18.1 Å². The van der Waals surface area contributed by atoms with E-state index in [2.05, 4.69) is 0 Å². The summed E-state index contributed by atoms with van der Waals surface area (Å²) in [5, 5.41) is 0. The third kappa shape index (κ3) is 3.47. The van der Waals surface area contributed by atoms with Crippen molar-refractivity contribution in [1.29, 1.82) is 0 Å². The van der Waals surface area contributed by atoms with Gasteiger partial charge in [0.2, 0.25) is 0 Å². The molecule has 0 spiro atoms. The second kappa shape index (κ2) is 6.73. The SMILES string of the molecule is CCOc1ccc(CN(C)C(=O)C2Cc3ccccc3O2)cc1. The number of nitrogens with zero attached hydrogens (tertiary/aromatic N) is 1. The average Bonchev–Trinajstić information content (AvgIpc) is 3.00. The summed E-state index contributed by atoms with van der Waals surface area (Å²) < 4.78 is 11.2. The van der Waals surface area contributed by atoms with Crippen LogP contribution in [0.5, 0.6) is 11.5 Å². The van der Waals surface area contributed by atoms with Gasteiger partial charge in [-0.2, -0.15) is 0 Å². The zero-order valence-corrected chi connectivity index (χ0v) is 13.5. The number of hydrogen-bond donors (Lipinski definition) is 0. The van der Waals surface area contributed by atoms with E-state index in [0.717, 1.165) is 22.6 Å². The molecule has 1 aliphatic rings. The lowest BCUT2D eigenvalue weighted by molar-refractivity contribution is -0.137. The maximum absolute atomic E-state index is 12.6. The summed E-state index contributed by atoms with van der Waals surface area (Å²) in [5.41, 5.74) is 2.17. The average molecular weight is 311 g/mol. The van der Waals surface area contributed by atoms with E-state index in [1.54, 1.807) is 4.90 Å². The van der Waals surface area contributed by atoms with E-state index >= 15 is 0 Å². The van der Waals surface area contributed by atoms with Gasteiger partial charge in [-0.3, -0.25) is 4.79 Å². The predicted octanol–water partition coefficient (Wildman–Crippen LogP) is 3.05. The number of rotatable bonds is 5. The van der Waals surface area contributed by atoms with Crippen molar-refractivity contribution in [2.75, 3.05) is 13.7 Å². The number of amides is 1. The molecular formula is C19H21NO3. The van der Waals surface area contributed by atoms with Gasteiger partial charge in [0, 0.05) is 20.0 Å². The van der Waals surface area contributed by atoms with Crippen LogP contribution >= 0.6 is 0 Å². The van der Waals surface area contributed by atoms with Gasteiger partial charge >= 0.3 is 0 Å². The molecule has 0 aliphatic carbocycles. The van der Waals surface area contributed by atoms with Crippen LogP contribution in [0.4, 0.5) is 0 Å². The van der Waals surface area contributed by atoms with Crippen LogP contribution in [0.3, 0.4) is 0 Å². The minimum atomic E-state index is -0.417. The third-order valence-corrected chi connectivity index (χ3v) is 3.95. The molecule has 4 nitrogen and oxygen atoms in total. The van der Waals surface area contributed by atoms with Crippen LogP contribution in [0.25, 0.3) is 0 Å². The molecule has 0 saturated carbocycles. The van der Waals surface area contributed by atoms with Crippen LogP contribution in [0.15, 0.2) is 48.5 Å². The first-order valence-electron chi connectivity index (χ1n) is 7.88. The minimum Gasteiger partial charge on any atom is -0.494 e. The van der Waals surface area contributed by atoms with Crippen LogP contribution < -0.4 is 9.47 Å². The minimum absolute atomic E-state index is 0.00934. The Bertz CT molecular complexity index is 656. The Morgan fingerprint density at radius 1 is 1.22 bits per heavy atom. The summed E-state index contributed by atoms with van der Waals surface area (Å²) in [6.45, 7) is 3.17. The van der Waals surface area contributed by atoms with Gasteiger partial charge in [-0.25, -0.2) is 0 Å². The lowest BCUT2D eigenvalue weighted by Gasteiger charge is -2.21. The zero-order valence-electron chi connectivity index (χ0n) is 13.5. The van der Waals surface area contributed by atoms with Gasteiger partial charge in [-0.15, -0.1) is 0 Å². The Kier molecular flexibility index (Phi) is 4.51. The number of likely N-dealkylation sites (N-methyl/N-ethyl adjacent to an activating group) is 1. The first-order valence-corrected chi connectivity index (χ1v) is 7.88. The fourth-order valence-corrected chi connectivity index (χ4v) is 2.78. The van der Waals surface area contributed by atoms with Gasteiger partial charge in [0.15, 0.2) is 6.10 Å². The van der Waals surface area contributed by atoms with Gasteiger partial charge < -0.3 is 14.4 Å². The zero-order chi connectivity index (χ0) is 16.2. The van der Waals surface area contributed by atoms with E-state index in [1.165, 1.54) is 0 Å². The fraction of sp³-hybridized carbons (Fsp3) is 0.316. The normalized spacial score (nSPS) is 15.7. The molecular weight excluding hydrogens is 290 g/mol. The van der Waals surface area contributed by atoms with Crippen LogP contribution in [0.2, 0.25) is 0 Å². The molecule has 0 N–H and O–H groups in total. The molecule has 0 fully saturated rings. The topological polar surface area (TPSA) is 38.8 Å². The summed E-state index contributed by atoms with van der Waals surface area (Å²) >= 11 is 0. The fourth-order valence-electron chi connectivity index (χ4n) is 2.78. The molecule has 23 heavy (non-hydrogen) atoms. The number of carbonyl (C=O) groups excluding carboxylic acids is 1.